The van der Waals surface area contributed by atoms with Crippen molar-refractivity contribution in [1.29, 1.82) is 0 Å². The van der Waals surface area contributed by atoms with Crippen LogP contribution in [0.5, 0.6) is 0 Å². The lowest BCUT2D eigenvalue weighted by Gasteiger charge is -2.17. The maximum absolute atomic E-state index is 12.6. The molecule has 0 saturated carbocycles. The zero-order chi connectivity index (χ0) is 26.5. The van der Waals surface area contributed by atoms with Crippen molar-refractivity contribution in [1.82, 2.24) is 15.6 Å². The van der Waals surface area contributed by atoms with Crippen molar-refractivity contribution in [2.24, 2.45) is 5.14 Å². The van der Waals surface area contributed by atoms with Gasteiger partial charge < -0.3 is 21.3 Å². The largest absolute Gasteiger partial charge is 0.366 e. The molecule has 0 aliphatic heterocycles. The highest BCUT2D eigenvalue weighted by atomic mass is 32.2. The molecule has 190 valence electrons. The van der Waals surface area contributed by atoms with Crippen LogP contribution in [0.4, 0.5) is 17.2 Å². The molecule has 0 fully saturated rings. The van der Waals surface area contributed by atoms with Gasteiger partial charge in [-0.15, -0.1) is 0 Å². The van der Waals surface area contributed by atoms with Crippen LogP contribution in [0.1, 0.15) is 32.7 Å². The minimum atomic E-state index is -4.01. The van der Waals surface area contributed by atoms with Crippen molar-refractivity contribution >= 4 is 50.5 Å². The molecule has 0 aliphatic rings. The van der Waals surface area contributed by atoms with E-state index in [1.807, 2.05) is 44.2 Å². The van der Waals surface area contributed by atoms with E-state index >= 15 is 0 Å². The van der Waals surface area contributed by atoms with Gasteiger partial charge in [0.2, 0.25) is 10.0 Å². The van der Waals surface area contributed by atoms with Crippen LogP contribution in [0.2, 0.25) is 0 Å². The number of anilines is 3. The summed E-state index contributed by atoms with van der Waals surface area (Å²) >= 11 is 5.25. The van der Waals surface area contributed by atoms with Crippen LogP contribution in [0.25, 0.3) is 0 Å². The number of sulfonamides is 1. The fourth-order valence-electron chi connectivity index (χ4n) is 3.64. The summed E-state index contributed by atoms with van der Waals surface area (Å²) in [7, 11) is -2.26. The smallest absolute Gasteiger partial charge is 0.252 e. The lowest BCUT2D eigenvalue weighted by Crippen LogP contribution is -2.28. The highest BCUT2D eigenvalue weighted by molar-refractivity contribution is 7.89. The Balaban J connectivity index is 1.66. The van der Waals surface area contributed by atoms with E-state index in [1.54, 1.807) is 20.0 Å². The lowest BCUT2D eigenvalue weighted by molar-refractivity contribution is 0.0950. The van der Waals surface area contributed by atoms with E-state index in [1.165, 1.54) is 12.1 Å². The highest BCUT2D eigenvalue weighted by Crippen LogP contribution is 2.28. The number of aromatic nitrogens is 1. The van der Waals surface area contributed by atoms with E-state index in [2.05, 4.69) is 26.3 Å². The third-order valence-electron chi connectivity index (χ3n) is 5.41. The summed E-state index contributed by atoms with van der Waals surface area (Å²) in [4.78, 5) is 17.0. The molecule has 0 spiro atoms. The molecular weight excluding hydrogens is 496 g/mol. The lowest BCUT2D eigenvalue weighted by atomic mass is 10.1. The maximum Gasteiger partial charge on any atom is 0.252 e. The number of carbonyl (C=O) groups is 1. The van der Waals surface area contributed by atoms with Crippen molar-refractivity contribution in [2.75, 3.05) is 24.2 Å². The first kappa shape index (κ1) is 27.1. The van der Waals surface area contributed by atoms with E-state index in [4.69, 9.17) is 17.4 Å². The summed E-state index contributed by atoms with van der Waals surface area (Å²) in [6, 6.07) is 14.2. The molecule has 1 amide bonds. The first-order chi connectivity index (χ1) is 17.0. The number of carbonyl (C=O) groups excluding carboxylic acids is 1. The second-order valence-electron chi connectivity index (χ2n) is 8.38. The zero-order valence-corrected chi connectivity index (χ0v) is 22.2. The van der Waals surface area contributed by atoms with E-state index < -0.39 is 15.9 Å². The molecule has 0 radical (unpaired) electrons. The number of aryl methyl sites for hydroxylation is 3. The average Bonchev–Trinajstić information content (AvgIpc) is 2.81. The summed E-state index contributed by atoms with van der Waals surface area (Å²) < 4.78 is 23.7. The fourth-order valence-corrected chi connectivity index (χ4v) is 4.46. The molecule has 36 heavy (non-hydrogen) atoms. The van der Waals surface area contributed by atoms with Crippen LogP contribution in [0.3, 0.4) is 0 Å². The van der Waals surface area contributed by atoms with Gasteiger partial charge in [-0.3, -0.25) is 4.79 Å². The Labute approximate surface area is 217 Å². The molecule has 9 nitrogen and oxygen atoms in total. The van der Waals surface area contributed by atoms with E-state index in [-0.39, 0.29) is 10.5 Å². The monoisotopic (exact) mass is 526 g/mol. The van der Waals surface area contributed by atoms with Gasteiger partial charge in [-0.2, -0.15) is 0 Å². The topological polar surface area (TPSA) is 138 Å². The minimum Gasteiger partial charge on any atom is -0.366 e. The van der Waals surface area contributed by atoms with E-state index in [9.17, 15) is 13.2 Å². The third kappa shape index (κ3) is 7.00. The van der Waals surface area contributed by atoms with Crippen molar-refractivity contribution in [3.05, 3.63) is 76.5 Å². The van der Waals surface area contributed by atoms with Crippen molar-refractivity contribution < 1.29 is 13.2 Å². The van der Waals surface area contributed by atoms with E-state index in [0.29, 0.717) is 23.9 Å². The standard InChI is InChI=1S/C25H30N6O3S2/c1-15-5-10-21(36(26,33)34)20(13-15)24(32)28-12-11-18-6-8-19(9-7-18)30-23-22(31-25(35)27-4)16(2)14-17(3)29-23/h5-10,13-14H,11-12H2,1-4H3,(H,28,32)(H,29,30)(H2,26,33,34)(H2,27,31,35). The normalized spacial score (nSPS) is 11.0. The highest BCUT2D eigenvalue weighted by Gasteiger charge is 2.19. The van der Waals surface area contributed by atoms with Crippen LogP contribution in [-0.4, -0.2) is 38.0 Å². The zero-order valence-electron chi connectivity index (χ0n) is 20.6. The molecule has 3 rings (SSSR count). The number of nitrogens with two attached hydrogens (primary N) is 1. The summed E-state index contributed by atoms with van der Waals surface area (Å²) in [5, 5.41) is 17.9. The molecule has 1 aromatic heterocycles. The number of hydrogen-bond acceptors (Lipinski definition) is 6. The van der Waals surface area contributed by atoms with Gasteiger partial charge in [0.15, 0.2) is 10.9 Å². The van der Waals surface area contributed by atoms with Gasteiger partial charge in [0, 0.05) is 25.0 Å². The van der Waals surface area contributed by atoms with Crippen LogP contribution in [0.15, 0.2) is 53.4 Å². The molecule has 11 heteroatoms. The fraction of sp³-hybridized carbons (Fsp3) is 0.240. The summed E-state index contributed by atoms with van der Waals surface area (Å²) in [5.41, 5.74) is 5.33. The van der Waals surface area contributed by atoms with E-state index in [0.717, 1.165) is 33.8 Å². The summed E-state index contributed by atoms with van der Waals surface area (Å²) in [6.07, 6.45) is 0.563. The number of pyridine rings is 1. The van der Waals surface area contributed by atoms with Crippen LogP contribution < -0.4 is 26.4 Å². The number of nitrogens with one attached hydrogen (secondary N) is 4. The van der Waals surface area contributed by atoms with Gasteiger partial charge >= 0.3 is 0 Å². The first-order valence-electron chi connectivity index (χ1n) is 11.2. The Hall–Kier alpha value is -3.54. The molecule has 0 aliphatic carbocycles. The predicted molar refractivity (Wildman–Crippen MR) is 147 cm³/mol. The van der Waals surface area contributed by atoms with Crippen molar-refractivity contribution in [3.8, 4) is 0 Å². The molecular formula is C25H30N6O3S2. The Kier molecular flexibility index (Phi) is 8.62. The second kappa shape index (κ2) is 11.5. The molecule has 0 bridgehead atoms. The molecule has 0 atom stereocenters. The predicted octanol–water partition coefficient (Wildman–Crippen LogP) is 3.29. The van der Waals surface area contributed by atoms with Gasteiger partial charge in [-0.1, -0.05) is 23.8 Å². The van der Waals surface area contributed by atoms with Gasteiger partial charge in [0.25, 0.3) is 5.91 Å². The Morgan fingerprint density at radius 3 is 2.39 bits per heavy atom. The van der Waals surface area contributed by atoms with Crippen LogP contribution in [0, 0.1) is 20.8 Å². The Morgan fingerprint density at radius 1 is 1.06 bits per heavy atom. The molecule has 6 N–H and O–H groups in total. The van der Waals surface area contributed by atoms with Gasteiger partial charge in [-0.25, -0.2) is 18.5 Å². The Bertz CT molecular complexity index is 1390. The van der Waals surface area contributed by atoms with Crippen LogP contribution in [-0.2, 0) is 16.4 Å². The maximum atomic E-state index is 12.6. The molecule has 2 aromatic carbocycles. The van der Waals surface area contributed by atoms with Gasteiger partial charge in [0.1, 0.15) is 0 Å². The number of thiocarbonyl (C=S) groups is 1. The first-order valence-corrected chi connectivity index (χ1v) is 13.2. The number of primary sulfonamides is 1. The number of rotatable bonds is 8. The van der Waals surface area contributed by atoms with Gasteiger partial charge in [0.05, 0.1) is 16.1 Å². The molecule has 1 heterocycles. The van der Waals surface area contributed by atoms with Gasteiger partial charge in [-0.05, 0) is 80.9 Å². The van der Waals surface area contributed by atoms with Crippen molar-refractivity contribution in [3.63, 3.8) is 0 Å². The SMILES string of the molecule is CNC(=S)Nc1c(C)cc(C)nc1Nc1ccc(CCNC(=O)c2cc(C)ccc2S(N)(=O)=O)cc1. The minimum absolute atomic E-state index is 0.0418. The average molecular weight is 527 g/mol. The molecule has 0 saturated heterocycles. The number of hydrogen-bond donors (Lipinski definition) is 5. The number of nitrogens with zero attached hydrogens (tertiary/aromatic N) is 1. The quantitative estimate of drug-likeness (QED) is 0.282. The Morgan fingerprint density at radius 2 is 1.75 bits per heavy atom. The number of benzene rings is 2. The summed E-state index contributed by atoms with van der Waals surface area (Å²) in [5.74, 6) is 0.176. The number of amides is 1. The van der Waals surface area contributed by atoms with Crippen LogP contribution >= 0.6 is 12.2 Å². The third-order valence-corrected chi connectivity index (χ3v) is 6.69. The molecule has 0 unspecified atom stereocenters. The second-order valence-corrected chi connectivity index (χ2v) is 10.3. The van der Waals surface area contributed by atoms with Crippen molar-refractivity contribution in [2.45, 2.75) is 32.1 Å². The summed E-state index contributed by atoms with van der Waals surface area (Å²) in [6.45, 7) is 6.03. The molecule has 3 aromatic rings.